The first-order chi connectivity index (χ1) is 10.1. The van der Waals surface area contributed by atoms with Gasteiger partial charge in [-0.05, 0) is 24.8 Å². The maximum absolute atomic E-state index is 3.77. The Morgan fingerprint density at radius 1 is 1.19 bits per heavy atom. The smallest absolute Gasteiger partial charge is 0.0476 e. The Balaban J connectivity index is 2.13. The number of nitrogens with zero attached hydrogens (tertiary/aromatic N) is 1. The van der Waals surface area contributed by atoms with Gasteiger partial charge in [0, 0.05) is 31.2 Å². The van der Waals surface area contributed by atoms with E-state index in [2.05, 4.69) is 68.2 Å². The van der Waals surface area contributed by atoms with E-state index in [0.717, 1.165) is 6.54 Å². The maximum atomic E-state index is 3.77. The van der Waals surface area contributed by atoms with Gasteiger partial charge < -0.3 is 5.32 Å². The maximum Gasteiger partial charge on any atom is 0.0476 e. The number of nitrogens with one attached hydrogen (secondary N) is 1. The minimum Gasteiger partial charge on any atom is -0.311 e. The van der Waals surface area contributed by atoms with E-state index in [4.69, 9.17) is 0 Å². The number of hydrogen-bond acceptors (Lipinski definition) is 2. The molecule has 0 spiro atoms. The van der Waals surface area contributed by atoms with Crippen LogP contribution < -0.4 is 5.32 Å². The second-order valence-corrected chi connectivity index (χ2v) is 6.87. The first-order valence-corrected chi connectivity index (χ1v) is 8.67. The molecule has 2 rings (SSSR count). The normalized spacial score (nSPS) is 25.2. The highest BCUT2D eigenvalue weighted by Gasteiger charge is 2.32. The van der Waals surface area contributed by atoms with Gasteiger partial charge >= 0.3 is 0 Å². The van der Waals surface area contributed by atoms with Crippen LogP contribution in [0.5, 0.6) is 0 Å². The largest absolute Gasteiger partial charge is 0.311 e. The van der Waals surface area contributed by atoms with E-state index in [1.165, 1.54) is 31.4 Å². The summed E-state index contributed by atoms with van der Waals surface area (Å²) in [5.41, 5.74) is 1.45. The topological polar surface area (TPSA) is 15.3 Å². The average molecular weight is 288 g/mol. The van der Waals surface area contributed by atoms with Gasteiger partial charge in [0.2, 0.25) is 0 Å². The lowest BCUT2D eigenvalue weighted by Crippen LogP contribution is -2.56. The molecule has 118 valence electrons. The lowest BCUT2D eigenvalue weighted by molar-refractivity contribution is 0.0710. The van der Waals surface area contributed by atoms with Crippen LogP contribution in [0.25, 0.3) is 0 Å². The molecule has 0 bridgehead atoms. The number of piperazine rings is 1. The predicted octanol–water partition coefficient (Wildman–Crippen LogP) is 4.24. The Labute approximate surface area is 130 Å². The van der Waals surface area contributed by atoms with E-state index < -0.39 is 0 Å². The van der Waals surface area contributed by atoms with Crippen molar-refractivity contribution in [3.63, 3.8) is 0 Å². The van der Waals surface area contributed by atoms with Gasteiger partial charge in [0.15, 0.2) is 0 Å². The van der Waals surface area contributed by atoms with E-state index in [1.54, 1.807) is 0 Å². The Hall–Kier alpha value is -0.860. The zero-order valence-corrected chi connectivity index (χ0v) is 14.2. The van der Waals surface area contributed by atoms with Gasteiger partial charge in [-0.2, -0.15) is 0 Å². The minimum absolute atomic E-state index is 0.521. The van der Waals surface area contributed by atoms with Crippen LogP contribution in [0.4, 0.5) is 0 Å². The summed E-state index contributed by atoms with van der Waals surface area (Å²) in [6, 6.07) is 12.8. The molecule has 1 fully saturated rings. The standard InChI is InChI=1S/C19H32N2/c1-5-6-10-16(4)21-14-18(15(2)3)20-13-19(21)17-11-8-7-9-12-17/h7-9,11-12,15-16,18-20H,5-6,10,13-14H2,1-4H3. The zero-order valence-electron chi connectivity index (χ0n) is 14.2. The molecule has 1 aliphatic heterocycles. The highest BCUT2D eigenvalue weighted by molar-refractivity contribution is 5.20. The molecule has 0 amide bonds. The fourth-order valence-electron chi connectivity index (χ4n) is 3.38. The van der Waals surface area contributed by atoms with Crippen LogP contribution in [-0.4, -0.2) is 30.1 Å². The summed E-state index contributed by atoms with van der Waals surface area (Å²) in [6.07, 6.45) is 3.93. The van der Waals surface area contributed by atoms with Crippen molar-refractivity contribution in [1.29, 1.82) is 0 Å². The molecule has 2 nitrogen and oxygen atoms in total. The first kappa shape index (κ1) is 16.5. The fourth-order valence-corrected chi connectivity index (χ4v) is 3.38. The van der Waals surface area contributed by atoms with Crippen molar-refractivity contribution in [2.24, 2.45) is 5.92 Å². The molecule has 1 saturated heterocycles. The molecule has 0 aliphatic carbocycles. The quantitative estimate of drug-likeness (QED) is 0.842. The Bertz CT molecular complexity index is 401. The summed E-state index contributed by atoms with van der Waals surface area (Å²) in [7, 11) is 0. The summed E-state index contributed by atoms with van der Waals surface area (Å²) in [4.78, 5) is 2.74. The summed E-state index contributed by atoms with van der Waals surface area (Å²) >= 11 is 0. The van der Waals surface area contributed by atoms with E-state index >= 15 is 0 Å². The van der Waals surface area contributed by atoms with Gasteiger partial charge in [-0.25, -0.2) is 0 Å². The van der Waals surface area contributed by atoms with Crippen molar-refractivity contribution in [1.82, 2.24) is 10.2 Å². The van der Waals surface area contributed by atoms with Gasteiger partial charge in [-0.3, -0.25) is 4.90 Å². The molecule has 0 saturated carbocycles. The Morgan fingerprint density at radius 2 is 1.90 bits per heavy atom. The van der Waals surface area contributed by atoms with Crippen LogP contribution in [0.1, 0.15) is 58.6 Å². The molecular formula is C19H32N2. The third-order valence-corrected chi connectivity index (χ3v) is 4.91. The highest BCUT2D eigenvalue weighted by Crippen LogP contribution is 2.28. The zero-order chi connectivity index (χ0) is 15.2. The second kappa shape index (κ2) is 7.95. The van der Waals surface area contributed by atoms with Crippen molar-refractivity contribution in [2.75, 3.05) is 13.1 Å². The number of hydrogen-bond donors (Lipinski definition) is 1. The SMILES string of the molecule is CCCCC(C)N1CC(C(C)C)NCC1c1ccccc1. The van der Waals surface area contributed by atoms with Crippen molar-refractivity contribution in [3.05, 3.63) is 35.9 Å². The van der Waals surface area contributed by atoms with Crippen LogP contribution in [-0.2, 0) is 0 Å². The van der Waals surface area contributed by atoms with E-state index in [9.17, 15) is 0 Å². The third kappa shape index (κ3) is 4.31. The molecule has 2 heteroatoms. The van der Waals surface area contributed by atoms with Crippen LogP contribution in [0.15, 0.2) is 30.3 Å². The summed E-state index contributed by atoms with van der Waals surface area (Å²) in [5, 5.41) is 3.77. The fraction of sp³-hybridized carbons (Fsp3) is 0.684. The van der Waals surface area contributed by atoms with Crippen LogP contribution in [0.3, 0.4) is 0 Å². The second-order valence-electron chi connectivity index (χ2n) is 6.87. The molecule has 0 radical (unpaired) electrons. The average Bonchev–Trinajstić information content (AvgIpc) is 2.52. The highest BCUT2D eigenvalue weighted by atomic mass is 15.3. The van der Waals surface area contributed by atoms with Crippen LogP contribution >= 0.6 is 0 Å². The summed E-state index contributed by atoms with van der Waals surface area (Å²) in [5.74, 6) is 0.697. The van der Waals surface area contributed by atoms with Crippen LogP contribution in [0.2, 0.25) is 0 Å². The van der Waals surface area contributed by atoms with Gasteiger partial charge in [-0.15, -0.1) is 0 Å². The summed E-state index contributed by atoms with van der Waals surface area (Å²) in [6.45, 7) is 11.6. The molecule has 1 aromatic carbocycles. The van der Waals surface area contributed by atoms with E-state index in [-0.39, 0.29) is 0 Å². The molecule has 3 atom stereocenters. The van der Waals surface area contributed by atoms with E-state index in [1.807, 2.05) is 0 Å². The Morgan fingerprint density at radius 3 is 2.52 bits per heavy atom. The number of benzene rings is 1. The van der Waals surface area contributed by atoms with Crippen molar-refractivity contribution < 1.29 is 0 Å². The van der Waals surface area contributed by atoms with Gasteiger partial charge in [0.05, 0.1) is 0 Å². The number of unbranched alkanes of at least 4 members (excludes halogenated alkanes) is 1. The molecule has 3 unspecified atom stereocenters. The molecule has 0 aromatic heterocycles. The minimum atomic E-state index is 0.521. The molecule has 21 heavy (non-hydrogen) atoms. The van der Waals surface area contributed by atoms with Gasteiger partial charge in [0.25, 0.3) is 0 Å². The number of rotatable bonds is 6. The van der Waals surface area contributed by atoms with E-state index in [0.29, 0.717) is 24.0 Å². The molecule has 1 aromatic rings. The molecule has 1 heterocycles. The molecule has 1 N–H and O–H groups in total. The van der Waals surface area contributed by atoms with Crippen molar-refractivity contribution in [3.8, 4) is 0 Å². The van der Waals surface area contributed by atoms with Crippen LogP contribution in [0, 0.1) is 5.92 Å². The molecular weight excluding hydrogens is 256 g/mol. The third-order valence-electron chi connectivity index (χ3n) is 4.91. The predicted molar refractivity (Wildman–Crippen MR) is 91.5 cm³/mol. The summed E-state index contributed by atoms with van der Waals surface area (Å²) < 4.78 is 0. The lowest BCUT2D eigenvalue weighted by Gasteiger charge is -2.45. The monoisotopic (exact) mass is 288 g/mol. The first-order valence-electron chi connectivity index (χ1n) is 8.67. The lowest BCUT2D eigenvalue weighted by atomic mass is 9.93. The van der Waals surface area contributed by atoms with Gasteiger partial charge in [-0.1, -0.05) is 63.9 Å². The Kier molecular flexibility index (Phi) is 6.25. The molecule has 1 aliphatic rings. The van der Waals surface area contributed by atoms with Crippen molar-refractivity contribution in [2.45, 2.75) is 65.1 Å². The van der Waals surface area contributed by atoms with Crippen molar-refractivity contribution >= 4 is 0 Å². The van der Waals surface area contributed by atoms with Gasteiger partial charge in [0.1, 0.15) is 0 Å².